The summed E-state index contributed by atoms with van der Waals surface area (Å²) in [7, 11) is 0. The van der Waals surface area contributed by atoms with Crippen LogP contribution in [0.15, 0.2) is 6.33 Å². The van der Waals surface area contributed by atoms with Gasteiger partial charge in [-0.1, -0.05) is 19.3 Å². The molecule has 1 aliphatic carbocycles. The second-order valence-electron chi connectivity index (χ2n) is 4.43. The normalized spacial score (nSPS) is 20.4. The SMILES string of the molecule is CC(C1CCCCC1)n1cnnc1CCl. The van der Waals surface area contributed by atoms with Crippen LogP contribution in [0.25, 0.3) is 0 Å². The molecule has 2 rings (SSSR count). The zero-order valence-corrected chi connectivity index (χ0v) is 9.95. The predicted molar refractivity (Wildman–Crippen MR) is 60.9 cm³/mol. The molecule has 4 heteroatoms. The van der Waals surface area contributed by atoms with Gasteiger partial charge in [-0.2, -0.15) is 0 Å². The molecular weight excluding hydrogens is 210 g/mol. The molecule has 1 aromatic rings. The van der Waals surface area contributed by atoms with Crippen molar-refractivity contribution in [1.29, 1.82) is 0 Å². The van der Waals surface area contributed by atoms with Crippen LogP contribution < -0.4 is 0 Å². The lowest BCUT2D eigenvalue weighted by atomic mass is 9.84. The molecule has 1 saturated carbocycles. The van der Waals surface area contributed by atoms with Crippen molar-refractivity contribution in [2.45, 2.75) is 50.9 Å². The average molecular weight is 228 g/mol. The van der Waals surface area contributed by atoms with E-state index in [1.807, 2.05) is 6.33 Å². The van der Waals surface area contributed by atoms with Crippen molar-refractivity contribution in [3.8, 4) is 0 Å². The largest absolute Gasteiger partial charge is 0.313 e. The summed E-state index contributed by atoms with van der Waals surface area (Å²) in [5.74, 6) is 2.13. The van der Waals surface area contributed by atoms with Crippen LogP contribution in [0.4, 0.5) is 0 Å². The molecule has 0 radical (unpaired) electrons. The van der Waals surface area contributed by atoms with E-state index < -0.39 is 0 Å². The van der Waals surface area contributed by atoms with E-state index in [4.69, 9.17) is 11.6 Å². The quantitative estimate of drug-likeness (QED) is 0.743. The lowest BCUT2D eigenvalue weighted by molar-refractivity contribution is 0.261. The molecule has 0 spiro atoms. The molecule has 0 saturated heterocycles. The first-order valence-corrected chi connectivity index (χ1v) is 6.30. The first-order valence-electron chi connectivity index (χ1n) is 5.77. The van der Waals surface area contributed by atoms with Gasteiger partial charge >= 0.3 is 0 Å². The predicted octanol–water partition coefficient (Wildman–Crippen LogP) is 3.16. The Morgan fingerprint density at radius 2 is 2.20 bits per heavy atom. The lowest BCUT2D eigenvalue weighted by Crippen LogP contribution is -2.20. The fourth-order valence-electron chi connectivity index (χ4n) is 2.55. The number of hydrogen-bond acceptors (Lipinski definition) is 2. The molecule has 1 atom stereocenters. The highest BCUT2D eigenvalue weighted by molar-refractivity contribution is 6.16. The highest BCUT2D eigenvalue weighted by atomic mass is 35.5. The summed E-state index contributed by atoms with van der Waals surface area (Å²) in [4.78, 5) is 0. The van der Waals surface area contributed by atoms with E-state index >= 15 is 0 Å². The highest BCUT2D eigenvalue weighted by Crippen LogP contribution is 2.32. The van der Waals surface area contributed by atoms with Gasteiger partial charge in [-0.15, -0.1) is 21.8 Å². The van der Waals surface area contributed by atoms with E-state index in [1.165, 1.54) is 32.1 Å². The van der Waals surface area contributed by atoms with Crippen LogP contribution in [-0.2, 0) is 5.88 Å². The fraction of sp³-hybridized carbons (Fsp3) is 0.818. The van der Waals surface area contributed by atoms with Crippen molar-refractivity contribution in [1.82, 2.24) is 14.8 Å². The standard InChI is InChI=1S/C11H18ClN3/c1-9(10-5-3-2-4-6-10)15-8-13-14-11(15)7-12/h8-10H,2-7H2,1H3. The topological polar surface area (TPSA) is 30.7 Å². The van der Waals surface area contributed by atoms with Crippen molar-refractivity contribution < 1.29 is 0 Å². The van der Waals surface area contributed by atoms with Crippen LogP contribution in [0.2, 0.25) is 0 Å². The van der Waals surface area contributed by atoms with Gasteiger partial charge in [0.25, 0.3) is 0 Å². The maximum Gasteiger partial charge on any atom is 0.148 e. The molecular formula is C11H18ClN3. The molecule has 0 aromatic carbocycles. The summed E-state index contributed by atoms with van der Waals surface area (Å²) in [6.45, 7) is 2.26. The summed E-state index contributed by atoms with van der Waals surface area (Å²) < 4.78 is 2.14. The van der Waals surface area contributed by atoms with E-state index in [1.54, 1.807) is 0 Å². The van der Waals surface area contributed by atoms with E-state index in [-0.39, 0.29) is 0 Å². The Labute approximate surface area is 95.8 Å². The molecule has 1 aromatic heterocycles. The van der Waals surface area contributed by atoms with E-state index in [0.717, 1.165) is 11.7 Å². The third kappa shape index (κ3) is 2.33. The minimum absolute atomic E-state index is 0.455. The molecule has 1 unspecified atom stereocenters. The number of rotatable bonds is 3. The van der Waals surface area contributed by atoms with E-state index in [0.29, 0.717) is 11.9 Å². The number of hydrogen-bond donors (Lipinski definition) is 0. The van der Waals surface area contributed by atoms with Gasteiger partial charge in [0, 0.05) is 6.04 Å². The van der Waals surface area contributed by atoms with Crippen LogP contribution in [0.5, 0.6) is 0 Å². The van der Waals surface area contributed by atoms with Crippen LogP contribution in [0, 0.1) is 5.92 Å². The Morgan fingerprint density at radius 1 is 1.47 bits per heavy atom. The fourth-order valence-corrected chi connectivity index (χ4v) is 2.74. The van der Waals surface area contributed by atoms with E-state index in [2.05, 4.69) is 21.7 Å². The second kappa shape index (κ2) is 4.97. The molecule has 3 nitrogen and oxygen atoms in total. The van der Waals surface area contributed by atoms with Gasteiger partial charge < -0.3 is 4.57 Å². The smallest absolute Gasteiger partial charge is 0.148 e. The van der Waals surface area contributed by atoms with Gasteiger partial charge in [0.1, 0.15) is 12.2 Å². The molecule has 0 aliphatic heterocycles. The van der Waals surface area contributed by atoms with Crippen LogP contribution >= 0.6 is 11.6 Å². The summed E-state index contributed by atoms with van der Waals surface area (Å²) >= 11 is 5.83. The van der Waals surface area contributed by atoms with Gasteiger partial charge in [-0.25, -0.2) is 0 Å². The maximum atomic E-state index is 5.83. The second-order valence-corrected chi connectivity index (χ2v) is 4.69. The van der Waals surface area contributed by atoms with Crippen molar-refractivity contribution >= 4 is 11.6 Å². The Kier molecular flexibility index (Phi) is 3.62. The first-order chi connectivity index (χ1) is 7.33. The molecule has 1 heterocycles. The Hall–Kier alpha value is -0.570. The van der Waals surface area contributed by atoms with Crippen molar-refractivity contribution in [2.75, 3.05) is 0 Å². The van der Waals surface area contributed by atoms with Gasteiger partial charge in [-0.3, -0.25) is 0 Å². The van der Waals surface area contributed by atoms with Crippen molar-refractivity contribution in [3.63, 3.8) is 0 Å². The maximum absolute atomic E-state index is 5.83. The zero-order chi connectivity index (χ0) is 10.7. The van der Waals surface area contributed by atoms with Crippen LogP contribution in [-0.4, -0.2) is 14.8 Å². The lowest BCUT2D eigenvalue weighted by Gasteiger charge is -2.28. The minimum atomic E-state index is 0.455. The Balaban J connectivity index is 2.08. The Bertz CT molecular complexity index is 305. The molecule has 0 N–H and O–H groups in total. The zero-order valence-electron chi connectivity index (χ0n) is 9.19. The van der Waals surface area contributed by atoms with Crippen molar-refractivity contribution in [2.24, 2.45) is 5.92 Å². The molecule has 15 heavy (non-hydrogen) atoms. The minimum Gasteiger partial charge on any atom is -0.313 e. The number of aromatic nitrogens is 3. The average Bonchev–Trinajstić information content (AvgIpc) is 2.77. The van der Waals surface area contributed by atoms with Crippen LogP contribution in [0.1, 0.15) is 50.9 Å². The van der Waals surface area contributed by atoms with E-state index in [9.17, 15) is 0 Å². The molecule has 0 bridgehead atoms. The summed E-state index contributed by atoms with van der Waals surface area (Å²) in [5, 5.41) is 7.97. The summed E-state index contributed by atoms with van der Waals surface area (Å²) in [6, 6.07) is 0.494. The number of alkyl halides is 1. The molecule has 84 valence electrons. The molecule has 1 fully saturated rings. The number of halogens is 1. The molecule has 1 aliphatic rings. The molecule has 0 amide bonds. The third-order valence-electron chi connectivity index (χ3n) is 3.54. The third-order valence-corrected chi connectivity index (χ3v) is 3.78. The first kappa shape index (κ1) is 10.9. The highest BCUT2D eigenvalue weighted by Gasteiger charge is 2.22. The number of nitrogens with zero attached hydrogens (tertiary/aromatic N) is 3. The summed E-state index contributed by atoms with van der Waals surface area (Å²) in [5.41, 5.74) is 0. The summed E-state index contributed by atoms with van der Waals surface area (Å²) in [6.07, 6.45) is 8.62. The van der Waals surface area contributed by atoms with Gasteiger partial charge in [0.15, 0.2) is 0 Å². The van der Waals surface area contributed by atoms with Gasteiger partial charge in [0.05, 0.1) is 5.88 Å². The van der Waals surface area contributed by atoms with Crippen LogP contribution in [0.3, 0.4) is 0 Å². The van der Waals surface area contributed by atoms with Gasteiger partial charge in [0.2, 0.25) is 0 Å². The van der Waals surface area contributed by atoms with Gasteiger partial charge in [-0.05, 0) is 25.7 Å². The Morgan fingerprint density at radius 3 is 2.87 bits per heavy atom. The van der Waals surface area contributed by atoms with Crippen molar-refractivity contribution in [3.05, 3.63) is 12.2 Å². The monoisotopic (exact) mass is 227 g/mol.